The van der Waals surface area contributed by atoms with Crippen LogP contribution in [0.2, 0.25) is 0 Å². The summed E-state index contributed by atoms with van der Waals surface area (Å²) in [5, 5.41) is 15.6. The van der Waals surface area contributed by atoms with E-state index in [1.54, 1.807) is 23.9 Å². The maximum absolute atomic E-state index is 13.0. The molecule has 8 nitrogen and oxygen atoms in total. The van der Waals surface area contributed by atoms with Gasteiger partial charge in [-0.15, -0.1) is 11.8 Å². The predicted molar refractivity (Wildman–Crippen MR) is 150 cm³/mol. The molecule has 3 N–H and O–H groups in total. The van der Waals surface area contributed by atoms with Gasteiger partial charge < -0.3 is 15.7 Å². The first-order chi connectivity index (χ1) is 17.5. The zero-order chi connectivity index (χ0) is 27.2. The van der Waals surface area contributed by atoms with Crippen molar-refractivity contribution in [1.82, 2.24) is 10.3 Å². The van der Waals surface area contributed by atoms with Gasteiger partial charge in [0, 0.05) is 29.6 Å². The second-order valence-corrected chi connectivity index (χ2v) is 11.3. The number of aromatic nitrogens is 1. The lowest BCUT2D eigenvalue weighted by molar-refractivity contribution is -0.114. The van der Waals surface area contributed by atoms with Crippen molar-refractivity contribution in [2.45, 2.75) is 57.5 Å². The van der Waals surface area contributed by atoms with Gasteiger partial charge >= 0.3 is 6.09 Å². The van der Waals surface area contributed by atoms with E-state index in [0.717, 1.165) is 27.4 Å². The first-order valence-electron chi connectivity index (χ1n) is 11.8. The largest absolute Gasteiger partial charge is 0.465 e. The van der Waals surface area contributed by atoms with E-state index >= 15 is 0 Å². The van der Waals surface area contributed by atoms with Crippen molar-refractivity contribution < 1.29 is 19.5 Å². The van der Waals surface area contributed by atoms with E-state index in [0.29, 0.717) is 40.8 Å². The van der Waals surface area contributed by atoms with Crippen LogP contribution in [-0.4, -0.2) is 39.8 Å². The number of carboxylic acid groups (broad SMARTS) is 1. The Morgan fingerprint density at radius 2 is 1.62 bits per heavy atom. The summed E-state index contributed by atoms with van der Waals surface area (Å²) in [5.41, 5.74) is 2.60. The first-order valence-corrected chi connectivity index (χ1v) is 13.8. The molecule has 0 atom stereocenters. The van der Waals surface area contributed by atoms with Crippen LogP contribution in [-0.2, 0) is 24.2 Å². The number of carbonyl (C=O) groups excluding carboxylic acids is 2. The van der Waals surface area contributed by atoms with E-state index in [1.807, 2.05) is 63.4 Å². The zero-order valence-corrected chi connectivity index (χ0v) is 23.3. The lowest BCUT2D eigenvalue weighted by Crippen LogP contribution is -2.45. The third-order valence-corrected chi connectivity index (χ3v) is 7.26. The first kappa shape index (κ1) is 28.2. The number of nitrogens with one attached hydrogen (secondary N) is 2. The Kier molecular flexibility index (Phi) is 9.34. The average molecular weight is 541 g/mol. The molecule has 0 bridgehead atoms. The van der Waals surface area contributed by atoms with Crippen LogP contribution in [0.5, 0.6) is 0 Å². The highest BCUT2D eigenvalue weighted by atomic mass is 32.2. The normalized spacial score (nSPS) is 11.2. The number of carbonyl (C=O) groups is 3. The Balaban J connectivity index is 1.73. The molecular formula is C27H32N4O4S2. The molecule has 0 fully saturated rings. The van der Waals surface area contributed by atoms with Gasteiger partial charge in [-0.3, -0.25) is 14.5 Å². The molecule has 196 valence electrons. The molecule has 0 saturated heterocycles. The van der Waals surface area contributed by atoms with Gasteiger partial charge in [0.05, 0.1) is 5.69 Å². The summed E-state index contributed by atoms with van der Waals surface area (Å²) in [6, 6.07) is 15.3. The lowest BCUT2D eigenvalue weighted by atomic mass is 10.0. The standard InChI is InChI=1S/C27H32N4O4S2/c1-17(32)29-25-30-22(23(37-25)24(33)28-16-19-8-13-21(36-5)14-9-19)15-10-18-6-11-20(12-7-18)31(26(34)35)27(2,3)4/h6-9,11-14H,10,15-16H2,1-5H3,(H,28,33)(H,34,35)(H,29,30,32). The number of thiazole rings is 1. The Morgan fingerprint density at radius 3 is 2.16 bits per heavy atom. The van der Waals surface area contributed by atoms with Gasteiger partial charge in [-0.25, -0.2) is 9.78 Å². The lowest BCUT2D eigenvalue weighted by Gasteiger charge is -2.33. The third kappa shape index (κ3) is 7.80. The summed E-state index contributed by atoms with van der Waals surface area (Å²) < 4.78 is 0. The average Bonchev–Trinajstić information content (AvgIpc) is 3.23. The van der Waals surface area contributed by atoms with Crippen LogP contribution in [0.25, 0.3) is 0 Å². The second kappa shape index (κ2) is 12.2. The highest BCUT2D eigenvalue weighted by Gasteiger charge is 2.27. The van der Waals surface area contributed by atoms with E-state index in [-0.39, 0.29) is 11.8 Å². The minimum atomic E-state index is -1.01. The Hall–Kier alpha value is -3.37. The number of thioether (sulfide) groups is 1. The van der Waals surface area contributed by atoms with Gasteiger partial charge in [0.25, 0.3) is 5.91 Å². The minimum absolute atomic E-state index is 0.240. The number of anilines is 2. The highest BCUT2D eigenvalue weighted by Crippen LogP contribution is 2.27. The van der Waals surface area contributed by atoms with Crippen molar-refractivity contribution in [3.05, 3.63) is 70.2 Å². The fraction of sp³-hybridized carbons (Fsp3) is 0.333. The number of aryl methyl sites for hydroxylation is 2. The molecule has 3 aromatic rings. The molecular weight excluding hydrogens is 508 g/mol. The number of hydrogen-bond donors (Lipinski definition) is 3. The summed E-state index contributed by atoms with van der Waals surface area (Å²) in [5.74, 6) is -0.491. The molecule has 0 saturated carbocycles. The van der Waals surface area contributed by atoms with Gasteiger partial charge in [-0.2, -0.15) is 0 Å². The van der Waals surface area contributed by atoms with Gasteiger partial charge in [0.2, 0.25) is 5.91 Å². The third-order valence-electron chi connectivity index (χ3n) is 5.51. The van der Waals surface area contributed by atoms with Crippen molar-refractivity contribution >= 4 is 51.8 Å². The second-order valence-electron chi connectivity index (χ2n) is 9.46. The molecule has 1 aromatic heterocycles. The van der Waals surface area contributed by atoms with Crippen molar-refractivity contribution in [3.63, 3.8) is 0 Å². The maximum Gasteiger partial charge on any atom is 0.412 e. The van der Waals surface area contributed by atoms with Gasteiger partial charge in [-0.1, -0.05) is 35.6 Å². The van der Waals surface area contributed by atoms with Crippen molar-refractivity contribution in [3.8, 4) is 0 Å². The van der Waals surface area contributed by atoms with E-state index in [2.05, 4.69) is 15.6 Å². The quantitative estimate of drug-likeness (QED) is 0.295. The van der Waals surface area contributed by atoms with E-state index in [1.165, 1.54) is 11.8 Å². The topological polar surface area (TPSA) is 112 Å². The number of rotatable bonds is 9. The number of amides is 3. The van der Waals surface area contributed by atoms with Crippen LogP contribution in [0.1, 0.15) is 54.2 Å². The molecule has 3 amide bonds. The molecule has 3 rings (SSSR count). The van der Waals surface area contributed by atoms with E-state index in [9.17, 15) is 19.5 Å². The highest BCUT2D eigenvalue weighted by molar-refractivity contribution is 7.98. The SMILES string of the molecule is CSc1ccc(CNC(=O)c2sc(NC(C)=O)nc2CCc2ccc(N(C(=O)O)C(C)(C)C)cc2)cc1. The van der Waals surface area contributed by atoms with Crippen LogP contribution < -0.4 is 15.5 Å². The Morgan fingerprint density at radius 1 is 1.00 bits per heavy atom. The number of nitrogens with zero attached hydrogens (tertiary/aromatic N) is 2. The smallest absolute Gasteiger partial charge is 0.412 e. The Labute approximate surface area is 225 Å². The molecule has 0 spiro atoms. The fourth-order valence-electron chi connectivity index (χ4n) is 3.77. The summed E-state index contributed by atoms with van der Waals surface area (Å²) in [4.78, 5) is 43.8. The van der Waals surface area contributed by atoms with Crippen LogP contribution in [0.4, 0.5) is 15.6 Å². The van der Waals surface area contributed by atoms with Crippen molar-refractivity contribution in [1.29, 1.82) is 0 Å². The molecule has 10 heteroatoms. The summed E-state index contributed by atoms with van der Waals surface area (Å²) in [6.07, 6.45) is 2.09. The zero-order valence-electron chi connectivity index (χ0n) is 21.6. The van der Waals surface area contributed by atoms with Crippen molar-refractivity contribution in [2.75, 3.05) is 16.5 Å². The molecule has 1 heterocycles. The molecule has 2 aromatic carbocycles. The summed E-state index contributed by atoms with van der Waals surface area (Å²) in [6.45, 7) is 7.32. The van der Waals surface area contributed by atoms with Gasteiger partial charge in [0.15, 0.2) is 5.13 Å². The molecule has 0 aliphatic heterocycles. The predicted octanol–water partition coefficient (Wildman–Crippen LogP) is 5.82. The number of hydrogen-bond acceptors (Lipinski definition) is 6. The molecule has 37 heavy (non-hydrogen) atoms. The van der Waals surface area contributed by atoms with E-state index < -0.39 is 11.6 Å². The van der Waals surface area contributed by atoms with Crippen LogP contribution in [0, 0.1) is 0 Å². The maximum atomic E-state index is 13.0. The van der Waals surface area contributed by atoms with Crippen molar-refractivity contribution in [2.24, 2.45) is 0 Å². The monoisotopic (exact) mass is 540 g/mol. The van der Waals surface area contributed by atoms with Gasteiger partial charge in [0.1, 0.15) is 4.88 Å². The molecule has 0 radical (unpaired) electrons. The van der Waals surface area contributed by atoms with Crippen LogP contribution >= 0.6 is 23.1 Å². The summed E-state index contributed by atoms with van der Waals surface area (Å²) >= 11 is 2.81. The fourth-order valence-corrected chi connectivity index (χ4v) is 5.15. The molecule has 0 unspecified atom stereocenters. The Bertz CT molecular complexity index is 1250. The van der Waals surface area contributed by atoms with Crippen LogP contribution in [0.15, 0.2) is 53.4 Å². The van der Waals surface area contributed by atoms with Crippen LogP contribution in [0.3, 0.4) is 0 Å². The molecule has 0 aliphatic carbocycles. The summed E-state index contributed by atoms with van der Waals surface area (Å²) in [7, 11) is 0. The van der Waals surface area contributed by atoms with Gasteiger partial charge in [-0.05, 0) is 75.3 Å². The minimum Gasteiger partial charge on any atom is -0.465 e. The van der Waals surface area contributed by atoms with E-state index in [4.69, 9.17) is 0 Å². The molecule has 0 aliphatic rings. The number of benzene rings is 2.